The summed E-state index contributed by atoms with van der Waals surface area (Å²) in [5.41, 5.74) is 9.54. The smallest absolute Gasteiger partial charge is 0.307 e. The Hall–Kier alpha value is -4.32. The predicted molar refractivity (Wildman–Crippen MR) is 140 cm³/mol. The average molecular weight is 476 g/mol. The lowest BCUT2D eigenvalue weighted by Gasteiger charge is -2.22. The van der Waals surface area contributed by atoms with Crippen LogP contribution in [-0.2, 0) is 17.6 Å². The topological polar surface area (TPSA) is 85.2 Å². The van der Waals surface area contributed by atoms with Gasteiger partial charge in [-0.25, -0.2) is 9.97 Å². The van der Waals surface area contributed by atoms with Crippen molar-refractivity contribution in [1.29, 1.82) is 0 Å². The van der Waals surface area contributed by atoms with Gasteiger partial charge in [0.15, 0.2) is 0 Å². The van der Waals surface area contributed by atoms with Crippen LogP contribution in [0.25, 0.3) is 43.9 Å². The Labute approximate surface area is 208 Å². The highest BCUT2D eigenvalue weighted by Crippen LogP contribution is 2.43. The van der Waals surface area contributed by atoms with Crippen molar-refractivity contribution in [1.82, 2.24) is 15.0 Å². The summed E-state index contributed by atoms with van der Waals surface area (Å²) < 4.78 is 5.93. The third-order valence-electron chi connectivity index (χ3n) is 7.15. The Kier molecular flexibility index (Phi) is 5.18. The van der Waals surface area contributed by atoms with Crippen molar-refractivity contribution in [3.8, 4) is 28.0 Å². The molecule has 0 amide bonds. The number of pyridine rings is 1. The molecule has 1 aliphatic rings. The van der Waals surface area contributed by atoms with Gasteiger partial charge in [0, 0.05) is 40.5 Å². The lowest BCUT2D eigenvalue weighted by atomic mass is 9.86. The average Bonchev–Trinajstić information content (AvgIpc) is 2.85. The molecule has 3 aromatic carbocycles. The maximum Gasteiger partial charge on any atom is 0.307 e. The molecule has 6 rings (SSSR count). The van der Waals surface area contributed by atoms with Crippen LogP contribution in [-0.4, -0.2) is 32.6 Å². The molecular formula is C30H25N3O3. The first kappa shape index (κ1) is 22.2. The number of carbonyl (C=O) groups is 1. The van der Waals surface area contributed by atoms with Gasteiger partial charge in [0.05, 0.1) is 18.5 Å². The van der Waals surface area contributed by atoms with E-state index in [2.05, 4.69) is 34.2 Å². The Bertz CT molecular complexity index is 1680. The molecule has 5 aromatic rings. The van der Waals surface area contributed by atoms with E-state index in [1.807, 2.05) is 45.2 Å². The SMILES string of the molecule is Cc1cc2cc(-c3c(C)ncnc3C)ccc2c(-c2ccc3c4c(ccnc24)CCO3)c1CC(=O)O. The van der Waals surface area contributed by atoms with Gasteiger partial charge in [-0.15, -0.1) is 0 Å². The molecule has 3 heterocycles. The number of aliphatic carboxylic acids is 1. The van der Waals surface area contributed by atoms with E-state index < -0.39 is 5.97 Å². The Morgan fingerprint density at radius 2 is 1.78 bits per heavy atom. The van der Waals surface area contributed by atoms with Crippen molar-refractivity contribution in [2.24, 2.45) is 0 Å². The fraction of sp³-hybridized carbons (Fsp3) is 0.200. The minimum atomic E-state index is -0.859. The zero-order valence-corrected chi connectivity index (χ0v) is 20.4. The lowest BCUT2D eigenvalue weighted by Crippen LogP contribution is -2.10. The van der Waals surface area contributed by atoms with Crippen molar-refractivity contribution >= 4 is 27.6 Å². The maximum absolute atomic E-state index is 11.9. The highest BCUT2D eigenvalue weighted by molar-refractivity contribution is 6.09. The van der Waals surface area contributed by atoms with Crippen LogP contribution in [0.3, 0.4) is 0 Å². The van der Waals surface area contributed by atoms with Crippen LogP contribution in [0.5, 0.6) is 5.75 Å². The standard InChI is InChI=1S/C30H25N3O3/c1-16-12-21-13-20(27-17(2)32-15-33-18(27)3)4-5-22(21)29(24(16)14-26(34)35)23-6-7-25-28-19(9-11-36-25)8-10-31-30(23)28/h4-8,10,12-13,15H,9,11,14H2,1-3H3,(H,34,35). The van der Waals surface area contributed by atoms with Gasteiger partial charge in [-0.2, -0.15) is 0 Å². The monoisotopic (exact) mass is 475 g/mol. The van der Waals surface area contributed by atoms with Crippen LogP contribution in [0.4, 0.5) is 0 Å². The Morgan fingerprint density at radius 1 is 0.972 bits per heavy atom. The Balaban J connectivity index is 1.68. The Morgan fingerprint density at radius 3 is 2.56 bits per heavy atom. The zero-order chi connectivity index (χ0) is 25.0. The number of benzene rings is 3. The maximum atomic E-state index is 11.9. The number of rotatable bonds is 4. The molecule has 0 bridgehead atoms. The summed E-state index contributed by atoms with van der Waals surface area (Å²) in [5, 5.41) is 12.8. The van der Waals surface area contributed by atoms with E-state index in [0.29, 0.717) is 6.61 Å². The fourth-order valence-corrected chi connectivity index (χ4v) is 5.55. The first-order chi connectivity index (χ1) is 17.4. The van der Waals surface area contributed by atoms with Gasteiger partial charge < -0.3 is 9.84 Å². The summed E-state index contributed by atoms with van der Waals surface area (Å²) in [6.07, 6.45) is 4.19. The number of carboxylic acids is 1. The van der Waals surface area contributed by atoms with Crippen molar-refractivity contribution in [2.45, 2.75) is 33.6 Å². The summed E-state index contributed by atoms with van der Waals surface area (Å²) in [7, 11) is 0. The zero-order valence-electron chi connectivity index (χ0n) is 20.4. The van der Waals surface area contributed by atoms with Crippen molar-refractivity contribution in [3.63, 3.8) is 0 Å². The van der Waals surface area contributed by atoms with Crippen LogP contribution >= 0.6 is 0 Å². The van der Waals surface area contributed by atoms with E-state index in [9.17, 15) is 9.90 Å². The molecule has 0 fully saturated rings. The molecule has 1 aliphatic heterocycles. The normalized spacial score (nSPS) is 12.6. The van der Waals surface area contributed by atoms with Crippen LogP contribution in [0, 0.1) is 20.8 Å². The second-order valence-electron chi connectivity index (χ2n) is 9.38. The number of ether oxygens (including phenoxy) is 1. The molecule has 36 heavy (non-hydrogen) atoms. The predicted octanol–water partition coefficient (Wildman–Crippen LogP) is 6.00. The summed E-state index contributed by atoms with van der Waals surface area (Å²) in [4.78, 5) is 25.5. The van der Waals surface area contributed by atoms with E-state index in [4.69, 9.17) is 9.72 Å². The summed E-state index contributed by atoms with van der Waals surface area (Å²) in [6, 6.07) is 14.4. The second-order valence-corrected chi connectivity index (χ2v) is 9.38. The van der Waals surface area contributed by atoms with Crippen LogP contribution in [0.15, 0.2) is 55.0 Å². The molecule has 0 atom stereocenters. The molecular weight excluding hydrogens is 450 g/mol. The molecule has 0 saturated carbocycles. The van der Waals surface area contributed by atoms with Crippen LogP contribution < -0.4 is 4.74 Å². The van der Waals surface area contributed by atoms with Gasteiger partial charge in [-0.3, -0.25) is 9.78 Å². The first-order valence-electron chi connectivity index (χ1n) is 12.0. The molecule has 1 N–H and O–H groups in total. The van der Waals surface area contributed by atoms with Crippen molar-refractivity contribution < 1.29 is 14.6 Å². The fourth-order valence-electron chi connectivity index (χ4n) is 5.55. The highest BCUT2D eigenvalue weighted by Gasteiger charge is 2.22. The summed E-state index contributed by atoms with van der Waals surface area (Å²) in [6.45, 7) is 6.61. The highest BCUT2D eigenvalue weighted by atomic mass is 16.5. The van der Waals surface area contributed by atoms with Gasteiger partial charge in [-0.05, 0) is 83.6 Å². The third kappa shape index (κ3) is 3.49. The van der Waals surface area contributed by atoms with E-state index >= 15 is 0 Å². The number of hydrogen-bond donors (Lipinski definition) is 1. The molecule has 6 heteroatoms. The van der Waals surface area contributed by atoms with Crippen molar-refractivity contribution in [2.75, 3.05) is 6.61 Å². The second kappa shape index (κ2) is 8.41. The quantitative estimate of drug-likeness (QED) is 0.343. The minimum absolute atomic E-state index is 0.0664. The number of hydrogen-bond acceptors (Lipinski definition) is 5. The van der Waals surface area contributed by atoms with E-state index in [-0.39, 0.29) is 6.42 Å². The van der Waals surface area contributed by atoms with Gasteiger partial charge in [0.25, 0.3) is 0 Å². The third-order valence-corrected chi connectivity index (χ3v) is 7.15. The number of carboxylic acid groups (broad SMARTS) is 1. The van der Waals surface area contributed by atoms with Crippen molar-refractivity contribution in [3.05, 3.63) is 83.1 Å². The van der Waals surface area contributed by atoms with Gasteiger partial charge in [0.2, 0.25) is 0 Å². The molecule has 0 aliphatic carbocycles. The van der Waals surface area contributed by atoms with Gasteiger partial charge in [0.1, 0.15) is 12.1 Å². The van der Waals surface area contributed by atoms with E-state index in [0.717, 1.165) is 78.6 Å². The number of aromatic nitrogens is 3. The number of aryl methyl sites for hydroxylation is 3. The number of nitrogens with zero attached hydrogens (tertiary/aromatic N) is 3. The molecule has 178 valence electrons. The minimum Gasteiger partial charge on any atom is -0.493 e. The van der Waals surface area contributed by atoms with Crippen LogP contribution in [0.2, 0.25) is 0 Å². The van der Waals surface area contributed by atoms with E-state index in [1.54, 1.807) is 6.33 Å². The molecule has 0 unspecified atom stereocenters. The summed E-state index contributed by atoms with van der Waals surface area (Å²) >= 11 is 0. The number of fused-ring (bicyclic) bond motifs is 1. The lowest BCUT2D eigenvalue weighted by molar-refractivity contribution is -0.136. The summed E-state index contributed by atoms with van der Waals surface area (Å²) in [5.74, 6) is -0.0285. The molecule has 0 saturated heterocycles. The molecule has 2 aromatic heterocycles. The molecule has 0 radical (unpaired) electrons. The van der Waals surface area contributed by atoms with Gasteiger partial charge >= 0.3 is 5.97 Å². The van der Waals surface area contributed by atoms with Crippen LogP contribution in [0.1, 0.15) is 28.1 Å². The molecule has 6 nitrogen and oxygen atoms in total. The van der Waals surface area contributed by atoms with E-state index in [1.165, 1.54) is 5.56 Å². The largest absolute Gasteiger partial charge is 0.493 e. The molecule has 0 spiro atoms. The van der Waals surface area contributed by atoms with Gasteiger partial charge in [-0.1, -0.05) is 18.2 Å². The first-order valence-corrected chi connectivity index (χ1v) is 12.0.